The van der Waals surface area contributed by atoms with Crippen LogP contribution in [0.5, 0.6) is 0 Å². The van der Waals surface area contributed by atoms with Crippen LogP contribution in [-0.4, -0.2) is 82.0 Å². The van der Waals surface area contributed by atoms with Crippen LogP contribution in [0.3, 0.4) is 0 Å². The van der Waals surface area contributed by atoms with E-state index in [2.05, 4.69) is 27.7 Å². The summed E-state index contributed by atoms with van der Waals surface area (Å²) in [6, 6.07) is 8.83. The Morgan fingerprint density at radius 3 is 2.37 bits per heavy atom. The van der Waals surface area contributed by atoms with Crippen molar-refractivity contribution in [1.82, 2.24) is 20.4 Å². The molecule has 0 bridgehead atoms. The van der Waals surface area contributed by atoms with E-state index < -0.39 is 36.1 Å². The van der Waals surface area contributed by atoms with Crippen molar-refractivity contribution in [3.8, 4) is 0 Å². The number of hydrogen-bond acceptors (Lipinski definition) is 5. The Hall–Kier alpha value is -2.75. The number of alkyl halides is 2. The second kappa shape index (κ2) is 11.6. The number of amides is 3. The number of nitrogens with zero attached hydrogens (tertiary/aromatic N) is 2. The number of likely N-dealkylation sites (tertiary alicyclic amines) is 1. The number of nitrogens with one attached hydrogen (secondary N) is 2. The molecular formula is C33H46F2N4O4. The minimum atomic E-state index is -2.30. The molecule has 3 heterocycles. The first-order valence-corrected chi connectivity index (χ1v) is 16.1. The molecule has 1 spiro atoms. The summed E-state index contributed by atoms with van der Waals surface area (Å²) in [7, 11) is 0. The van der Waals surface area contributed by atoms with Gasteiger partial charge in [0.05, 0.1) is 0 Å². The molecule has 6 rings (SSSR count). The highest BCUT2D eigenvalue weighted by atomic mass is 19.3. The fourth-order valence-corrected chi connectivity index (χ4v) is 8.00. The van der Waals surface area contributed by atoms with Gasteiger partial charge in [-0.15, -0.1) is 0 Å². The highest BCUT2D eigenvalue weighted by molar-refractivity contribution is 5.93. The maximum absolute atomic E-state index is 14.3. The van der Waals surface area contributed by atoms with Crippen LogP contribution in [0, 0.1) is 5.92 Å². The Labute approximate surface area is 253 Å². The molecule has 2 saturated carbocycles. The Kier molecular flexibility index (Phi) is 8.20. The van der Waals surface area contributed by atoms with Crippen molar-refractivity contribution in [2.24, 2.45) is 5.92 Å². The number of rotatable bonds is 6. The molecule has 3 amide bonds. The summed E-state index contributed by atoms with van der Waals surface area (Å²) in [5.74, 6) is -0.487. The highest BCUT2D eigenvalue weighted by Crippen LogP contribution is 2.54. The SMILES string of the molecule is CC(C)(C)OC(=O)N[C@H]1CC[C@H](NC2CC(C(F)F)C2)C[C@H]2CC[C@@H](C(=O)N3C[C@H](c4ccccc4)CC34CC4)N2C1=O. The standard InChI is InChI=1S/C33H46F2N4O4/c1-32(2,3)43-31(42)37-26-11-9-23(36-24-15-21(16-24)28(34)35)17-25-10-12-27(39(25)29(26)40)30(41)38-19-22(18-33(38)13-14-33)20-7-5-4-6-8-20/h4-8,21-28,36H,9-19H2,1-3H3,(H,37,42)/t21?,22-,23+,24?,25-,26+,27+/m1/s1. The Morgan fingerprint density at radius 1 is 1.00 bits per heavy atom. The van der Waals surface area contributed by atoms with E-state index in [9.17, 15) is 23.2 Å². The molecular weight excluding hydrogens is 554 g/mol. The van der Waals surface area contributed by atoms with Gasteiger partial charge in [-0.2, -0.15) is 0 Å². The summed E-state index contributed by atoms with van der Waals surface area (Å²) in [4.78, 5) is 45.1. The topological polar surface area (TPSA) is 91.0 Å². The van der Waals surface area contributed by atoms with Crippen LogP contribution in [-0.2, 0) is 14.3 Å². The normalized spacial score (nSPS) is 33.5. The largest absolute Gasteiger partial charge is 0.444 e. The summed E-state index contributed by atoms with van der Waals surface area (Å²) in [6.45, 7) is 5.98. The molecule has 3 saturated heterocycles. The second-order valence-corrected chi connectivity index (χ2v) is 14.6. The molecule has 10 heteroatoms. The third kappa shape index (κ3) is 6.40. The summed E-state index contributed by atoms with van der Waals surface area (Å²) in [5, 5.41) is 6.39. The molecule has 2 N–H and O–H groups in total. The first-order chi connectivity index (χ1) is 20.4. The van der Waals surface area contributed by atoms with E-state index in [0.717, 1.165) is 19.3 Å². The first kappa shape index (κ1) is 30.3. The van der Waals surface area contributed by atoms with E-state index in [1.807, 2.05) is 18.2 Å². The van der Waals surface area contributed by atoms with Gasteiger partial charge >= 0.3 is 6.09 Å². The predicted octanol–water partition coefficient (Wildman–Crippen LogP) is 4.97. The molecule has 0 unspecified atom stereocenters. The molecule has 5 fully saturated rings. The van der Waals surface area contributed by atoms with Crippen LogP contribution in [0.15, 0.2) is 30.3 Å². The average Bonchev–Trinajstić information content (AvgIpc) is 3.41. The number of hydrogen-bond donors (Lipinski definition) is 2. The molecule has 0 radical (unpaired) electrons. The smallest absolute Gasteiger partial charge is 0.408 e. The average molecular weight is 601 g/mol. The quantitative estimate of drug-likeness (QED) is 0.481. The summed E-state index contributed by atoms with van der Waals surface area (Å²) in [5.41, 5.74) is 0.407. The van der Waals surface area contributed by atoms with Gasteiger partial charge in [0, 0.05) is 42.0 Å². The number of carbonyl (C=O) groups excluding carboxylic acids is 3. The summed E-state index contributed by atoms with van der Waals surface area (Å²) >= 11 is 0. The van der Waals surface area contributed by atoms with Crippen LogP contribution >= 0.6 is 0 Å². The van der Waals surface area contributed by atoms with Gasteiger partial charge in [-0.05, 0) is 90.5 Å². The zero-order valence-electron chi connectivity index (χ0n) is 25.6. The molecule has 3 aliphatic heterocycles. The van der Waals surface area contributed by atoms with E-state index in [4.69, 9.17) is 4.74 Å². The number of carbonyl (C=O) groups is 3. The van der Waals surface area contributed by atoms with Crippen molar-refractivity contribution in [2.45, 2.75) is 139 Å². The van der Waals surface area contributed by atoms with Gasteiger partial charge in [0.25, 0.3) is 0 Å². The molecule has 8 nitrogen and oxygen atoms in total. The number of alkyl carbamates (subject to hydrolysis) is 1. The van der Waals surface area contributed by atoms with Crippen LogP contribution < -0.4 is 10.6 Å². The molecule has 0 aromatic heterocycles. The van der Waals surface area contributed by atoms with E-state index >= 15 is 0 Å². The number of halogens is 2. The molecule has 1 aromatic carbocycles. The van der Waals surface area contributed by atoms with Crippen LogP contribution in [0.4, 0.5) is 13.6 Å². The molecule has 2 aliphatic carbocycles. The van der Waals surface area contributed by atoms with Gasteiger partial charge in [-0.1, -0.05) is 30.3 Å². The zero-order valence-corrected chi connectivity index (χ0v) is 25.6. The lowest BCUT2D eigenvalue weighted by atomic mass is 9.79. The Morgan fingerprint density at radius 2 is 1.72 bits per heavy atom. The third-order valence-electron chi connectivity index (χ3n) is 10.4. The van der Waals surface area contributed by atoms with Gasteiger partial charge in [0.15, 0.2) is 0 Å². The van der Waals surface area contributed by atoms with Crippen LogP contribution in [0.2, 0.25) is 0 Å². The fraction of sp³-hybridized carbons (Fsp3) is 0.727. The fourth-order valence-electron chi connectivity index (χ4n) is 8.00. The van der Waals surface area contributed by atoms with E-state index in [1.165, 1.54) is 5.56 Å². The Balaban J connectivity index is 1.20. The highest BCUT2D eigenvalue weighted by Gasteiger charge is 2.58. The van der Waals surface area contributed by atoms with E-state index in [0.29, 0.717) is 51.5 Å². The lowest BCUT2D eigenvalue weighted by Gasteiger charge is -2.42. The van der Waals surface area contributed by atoms with Crippen LogP contribution in [0.1, 0.15) is 96.5 Å². The summed E-state index contributed by atoms with van der Waals surface area (Å²) < 4.78 is 31.7. The van der Waals surface area contributed by atoms with E-state index in [1.54, 1.807) is 25.7 Å². The Bertz CT molecular complexity index is 1200. The van der Waals surface area contributed by atoms with Gasteiger partial charge in [-0.25, -0.2) is 13.6 Å². The van der Waals surface area contributed by atoms with Gasteiger partial charge in [0.1, 0.15) is 17.7 Å². The van der Waals surface area contributed by atoms with Crippen molar-refractivity contribution in [2.75, 3.05) is 6.54 Å². The number of ether oxygens (including phenoxy) is 1. The van der Waals surface area contributed by atoms with Crippen molar-refractivity contribution in [3.05, 3.63) is 35.9 Å². The molecule has 43 heavy (non-hydrogen) atoms. The minimum absolute atomic E-state index is 0.00466. The van der Waals surface area contributed by atoms with Crippen molar-refractivity contribution in [1.29, 1.82) is 0 Å². The minimum Gasteiger partial charge on any atom is -0.444 e. The molecule has 5 atom stereocenters. The molecule has 236 valence electrons. The zero-order chi connectivity index (χ0) is 30.5. The van der Waals surface area contributed by atoms with Gasteiger partial charge in [-0.3, -0.25) is 9.59 Å². The van der Waals surface area contributed by atoms with E-state index in [-0.39, 0.29) is 41.4 Å². The predicted molar refractivity (Wildman–Crippen MR) is 158 cm³/mol. The third-order valence-corrected chi connectivity index (χ3v) is 10.4. The lowest BCUT2D eigenvalue weighted by Crippen LogP contribution is -2.60. The first-order valence-electron chi connectivity index (χ1n) is 16.1. The van der Waals surface area contributed by atoms with Gasteiger partial charge in [0.2, 0.25) is 18.2 Å². The summed E-state index contributed by atoms with van der Waals surface area (Å²) in [6.07, 6.45) is 3.82. The molecule has 5 aliphatic rings. The number of benzene rings is 1. The van der Waals surface area contributed by atoms with Crippen molar-refractivity contribution in [3.63, 3.8) is 0 Å². The maximum atomic E-state index is 14.3. The number of fused-ring (bicyclic) bond motifs is 1. The second-order valence-electron chi connectivity index (χ2n) is 14.6. The monoisotopic (exact) mass is 600 g/mol. The van der Waals surface area contributed by atoms with Crippen LogP contribution in [0.25, 0.3) is 0 Å². The van der Waals surface area contributed by atoms with Gasteiger partial charge < -0.3 is 25.2 Å². The van der Waals surface area contributed by atoms with Crippen molar-refractivity contribution < 1.29 is 27.9 Å². The molecule has 1 aromatic rings. The van der Waals surface area contributed by atoms with Crippen molar-refractivity contribution >= 4 is 17.9 Å². The lowest BCUT2D eigenvalue weighted by molar-refractivity contribution is -0.148. The maximum Gasteiger partial charge on any atom is 0.408 e.